The molecule has 0 aromatic carbocycles. The predicted molar refractivity (Wildman–Crippen MR) is 40.4 cm³/mol. The van der Waals surface area contributed by atoms with Crippen molar-refractivity contribution in [3.05, 3.63) is 0 Å². The first kappa shape index (κ1) is 8.92. The van der Waals surface area contributed by atoms with Gasteiger partial charge in [0.05, 0.1) is 11.9 Å². The molecule has 0 spiro atoms. The SMILES string of the molecule is NS(=O)(=O)CCN1CC(O)C1. The normalized spacial score (nSPS) is 21.6. The molecule has 1 saturated heterocycles. The van der Waals surface area contributed by atoms with E-state index in [1.54, 1.807) is 0 Å². The van der Waals surface area contributed by atoms with Crippen molar-refractivity contribution in [2.24, 2.45) is 5.14 Å². The number of likely N-dealkylation sites (tertiary alicyclic amines) is 1. The number of rotatable bonds is 3. The largest absolute Gasteiger partial charge is 0.390 e. The average molecular weight is 180 g/mol. The summed E-state index contributed by atoms with van der Waals surface area (Å²) in [4.78, 5) is 1.84. The molecule has 0 aliphatic carbocycles. The van der Waals surface area contributed by atoms with Gasteiger partial charge in [-0.1, -0.05) is 0 Å². The van der Waals surface area contributed by atoms with E-state index in [9.17, 15) is 8.42 Å². The molecular formula is C5H12N2O3S. The second-order valence-corrected chi connectivity index (χ2v) is 4.51. The number of primary sulfonamides is 1. The lowest BCUT2D eigenvalue weighted by atomic mass is 10.2. The lowest BCUT2D eigenvalue weighted by Crippen LogP contribution is -2.52. The fourth-order valence-corrected chi connectivity index (χ4v) is 1.49. The molecule has 0 radical (unpaired) electrons. The molecule has 0 saturated carbocycles. The molecule has 66 valence electrons. The van der Waals surface area contributed by atoms with Gasteiger partial charge >= 0.3 is 0 Å². The molecular weight excluding hydrogens is 168 g/mol. The summed E-state index contributed by atoms with van der Waals surface area (Å²) in [5.74, 6) is -0.0281. The average Bonchev–Trinajstić information content (AvgIpc) is 1.75. The van der Waals surface area contributed by atoms with E-state index in [4.69, 9.17) is 10.2 Å². The molecule has 1 aliphatic rings. The van der Waals surface area contributed by atoms with Crippen LogP contribution < -0.4 is 5.14 Å². The fourth-order valence-electron chi connectivity index (χ4n) is 0.982. The van der Waals surface area contributed by atoms with Crippen molar-refractivity contribution in [3.63, 3.8) is 0 Å². The van der Waals surface area contributed by atoms with Crippen molar-refractivity contribution in [2.75, 3.05) is 25.4 Å². The monoisotopic (exact) mass is 180 g/mol. The van der Waals surface area contributed by atoms with Crippen LogP contribution in [-0.2, 0) is 10.0 Å². The third-order valence-electron chi connectivity index (χ3n) is 1.63. The summed E-state index contributed by atoms with van der Waals surface area (Å²) in [6, 6.07) is 0. The third kappa shape index (κ3) is 3.15. The highest BCUT2D eigenvalue weighted by Crippen LogP contribution is 2.05. The Bertz CT molecular complexity index is 220. The summed E-state index contributed by atoms with van der Waals surface area (Å²) in [6.45, 7) is 1.56. The van der Waals surface area contributed by atoms with Crippen molar-refractivity contribution in [1.82, 2.24) is 4.90 Å². The van der Waals surface area contributed by atoms with E-state index in [0.717, 1.165) is 0 Å². The van der Waals surface area contributed by atoms with Gasteiger partial charge in [-0.25, -0.2) is 13.6 Å². The van der Waals surface area contributed by atoms with Gasteiger partial charge in [0.1, 0.15) is 0 Å². The smallest absolute Gasteiger partial charge is 0.210 e. The van der Waals surface area contributed by atoms with Gasteiger partial charge in [0.2, 0.25) is 10.0 Å². The molecule has 0 unspecified atom stereocenters. The van der Waals surface area contributed by atoms with Gasteiger partial charge in [-0.2, -0.15) is 0 Å². The molecule has 0 aromatic rings. The quantitative estimate of drug-likeness (QED) is 0.523. The van der Waals surface area contributed by atoms with Gasteiger partial charge in [-0.05, 0) is 0 Å². The van der Waals surface area contributed by atoms with Crippen molar-refractivity contribution in [3.8, 4) is 0 Å². The van der Waals surface area contributed by atoms with Crippen LogP contribution in [-0.4, -0.2) is 49.9 Å². The number of aliphatic hydroxyl groups excluding tert-OH is 1. The highest BCUT2D eigenvalue weighted by atomic mass is 32.2. The Hall–Kier alpha value is -0.170. The van der Waals surface area contributed by atoms with Crippen LogP contribution in [0.4, 0.5) is 0 Å². The van der Waals surface area contributed by atoms with Crippen LogP contribution in [0.2, 0.25) is 0 Å². The highest BCUT2D eigenvalue weighted by molar-refractivity contribution is 7.89. The predicted octanol–water partition coefficient (Wildman–Crippen LogP) is -2.05. The summed E-state index contributed by atoms with van der Waals surface area (Å²) >= 11 is 0. The fraction of sp³-hybridized carbons (Fsp3) is 1.00. The molecule has 0 atom stereocenters. The molecule has 1 aliphatic heterocycles. The Balaban J connectivity index is 2.15. The maximum absolute atomic E-state index is 10.4. The van der Waals surface area contributed by atoms with Gasteiger partial charge in [0, 0.05) is 19.6 Å². The van der Waals surface area contributed by atoms with Gasteiger partial charge in [-0.15, -0.1) is 0 Å². The summed E-state index contributed by atoms with van der Waals surface area (Å²) in [5, 5.41) is 13.6. The van der Waals surface area contributed by atoms with Crippen molar-refractivity contribution >= 4 is 10.0 Å². The zero-order chi connectivity index (χ0) is 8.48. The maximum atomic E-state index is 10.4. The summed E-state index contributed by atoms with van der Waals surface area (Å²) in [7, 11) is -3.34. The number of hydrogen-bond donors (Lipinski definition) is 2. The van der Waals surface area contributed by atoms with E-state index >= 15 is 0 Å². The van der Waals surface area contributed by atoms with Crippen LogP contribution >= 0.6 is 0 Å². The van der Waals surface area contributed by atoms with Crippen molar-refractivity contribution in [2.45, 2.75) is 6.10 Å². The van der Waals surface area contributed by atoms with Crippen molar-refractivity contribution in [1.29, 1.82) is 0 Å². The summed E-state index contributed by atoms with van der Waals surface area (Å²) in [5.41, 5.74) is 0. The van der Waals surface area contributed by atoms with E-state index in [0.29, 0.717) is 19.6 Å². The number of nitrogens with zero attached hydrogens (tertiary/aromatic N) is 1. The van der Waals surface area contributed by atoms with Crippen LogP contribution in [0.25, 0.3) is 0 Å². The second kappa shape index (κ2) is 3.06. The molecule has 1 heterocycles. The van der Waals surface area contributed by atoms with E-state index in [1.165, 1.54) is 0 Å². The van der Waals surface area contributed by atoms with Gasteiger partial charge in [-0.3, -0.25) is 4.90 Å². The number of nitrogens with two attached hydrogens (primary N) is 1. The van der Waals surface area contributed by atoms with Gasteiger partial charge in [0.15, 0.2) is 0 Å². The number of sulfonamides is 1. The summed E-state index contributed by atoms with van der Waals surface area (Å²) in [6.07, 6.45) is -0.282. The molecule has 0 amide bonds. The number of hydrogen-bond acceptors (Lipinski definition) is 4. The Labute approximate surface area is 65.8 Å². The minimum absolute atomic E-state index is 0.0281. The van der Waals surface area contributed by atoms with Crippen LogP contribution in [0, 0.1) is 0 Å². The lowest BCUT2D eigenvalue weighted by molar-refractivity contribution is 0.00623. The standard InChI is InChI=1S/C5H12N2O3S/c6-11(9,10)2-1-7-3-5(8)4-7/h5,8H,1-4H2,(H2,6,9,10). The van der Waals surface area contributed by atoms with Gasteiger partial charge < -0.3 is 5.11 Å². The Morgan fingerprint density at radius 3 is 2.45 bits per heavy atom. The van der Waals surface area contributed by atoms with Crippen LogP contribution in [0.1, 0.15) is 0 Å². The minimum Gasteiger partial charge on any atom is -0.390 e. The minimum atomic E-state index is -3.34. The maximum Gasteiger partial charge on any atom is 0.210 e. The van der Waals surface area contributed by atoms with Crippen molar-refractivity contribution < 1.29 is 13.5 Å². The van der Waals surface area contributed by atoms with Crippen LogP contribution in [0.5, 0.6) is 0 Å². The molecule has 1 rings (SSSR count). The molecule has 0 bridgehead atoms. The molecule has 1 fully saturated rings. The first-order chi connectivity index (χ1) is 4.97. The van der Waals surface area contributed by atoms with E-state index in [1.807, 2.05) is 4.90 Å². The van der Waals surface area contributed by atoms with E-state index < -0.39 is 10.0 Å². The Morgan fingerprint density at radius 2 is 2.09 bits per heavy atom. The number of β-amino-alcohol motifs (C(OH)–C–C–N with tert-alkyl or cyclic N) is 1. The second-order valence-electron chi connectivity index (χ2n) is 2.78. The Morgan fingerprint density at radius 1 is 1.55 bits per heavy atom. The highest BCUT2D eigenvalue weighted by Gasteiger charge is 2.24. The molecule has 11 heavy (non-hydrogen) atoms. The number of aliphatic hydroxyl groups is 1. The van der Waals surface area contributed by atoms with E-state index in [-0.39, 0.29) is 11.9 Å². The lowest BCUT2D eigenvalue weighted by Gasteiger charge is -2.35. The molecule has 5 nitrogen and oxygen atoms in total. The summed E-state index contributed by atoms with van der Waals surface area (Å²) < 4.78 is 20.9. The van der Waals surface area contributed by atoms with Crippen LogP contribution in [0.15, 0.2) is 0 Å². The molecule has 0 aromatic heterocycles. The third-order valence-corrected chi connectivity index (χ3v) is 2.38. The molecule has 3 N–H and O–H groups in total. The first-order valence-corrected chi connectivity index (χ1v) is 5.10. The first-order valence-electron chi connectivity index (χ1n) is 3.38. The zero-order valence-electron chi connectivity index (χ0n) is 6.10. The zero-order valence-corrected chi connectivity index (χ0v) is 6.92. The van der Waals surface area contributed by atoms with Gasteiger partial charge in [0.25, 0.3) is 0 Å². The Kier molecular flexibility index (Phi) is 2.48. The van der Waals surface area contributed by atoms with E-state index in [2.05, 4.69) is 0 Å². The topological polar surface area (TPSA) is 83.6 Å². The molecule has 6 heteroatoms. The van der Waals surface area contributed by atoms with Crippen LogP contribution in [0.3, 0.4) is 0 Å².